The van der Waals surface area contributed by atoms with Crippen LogP contribution in [0.2, 0.25) is 0 Å². The Morgan fingerprint density at radius 2 is 1.57 bits per heavy atom. The summed E-state index contributed by atoms with van der Waals surface area (Å²) in [4.78, 5) is 0. The van der Waals surface area contributed by atoms with Crippen molar-refractivity contribution in [2.45, 2.75) is 38.2 Å². The van der Waals surface area contributed by atoms with Crippen molar-refractivity contribution < 1.29 is 14.9 Å². The van der Waals surface area contributed by atoms with E-state index < -0.39 is 5.60 Å². The van der Waals surface area contributed by atoms with Crippen LogP contribution in [-0.4, -0.2) is 16.8 Å². The zero-order valence-electron chi connectivity index (χ0n) is 13.5. The van der Waals surface area contributed by atoms with E-state index in [-0.39, 0.29) is 12.0 Å². The maximum Gasteiger partial charge on any atom is 0.127 e. The summed E-state index contributed by atoms with van der Waals surface area (Å²) in [6.45, 7) is 2.27. The Morgan fingerprint density at radius 3 is 2.22 bits per heavy atom. The van der Waals surface area contributed by atoms with Crippen LogP contribution in [0.4, 0.5) is 0 Å². The van der Waals surface area contributed by atoms with Crippen molar-refractivity contribution in [3.63, 3.8) is 0 Å². The van der Waals surface area contributed by atoms with Gasteiger partial charge in [0.1, 0.15) is 11.5 Å². The number of aliphatic hydroxyl groups excluding tert-OH is 1. The SMILES string of the molecule is CC1(CO)CCC(O)(c2cccc(Oc3ccccc3)c2)CC1. The standard InChI is InChI=1S/C20H24O3/c1-19(15-21)10-12-20(22,13-11-19)16-6-5-9-18(14-16)23-17-7-3-2-4-8-17/h2-9,14,21-22H,10-13,15H2,1H3. The number of hydrogen-bond donors (Lipinski definition) is 2. The molecule has 0 radical (unpaired) electrons. The first-order valence-electron chi connectivity index (χ1n) is 8.20. The van der Waals surface area contributed by atoms with Crippen molar-refractivity contribution in [1.82, 2.24) is 0 Å². The fourth-order valence-electron chi connectivity index (χ4n) is 3.19. The van der Waals surface area contributed by atoms with Gasteiger partial charge in [-0.15, -0.1) is 0 Å². The number of aliphatic hydroxyl groups is 2. The molecule has 0 amide bonds. The van der Waals surface area contributed by atoms with E-state index in [1.54, 1.807) is 0 Å². The average molecular weight is 312 g/mol. The van der Waals surface area contributed by atoms with Gasteiger partial charge in [-0.3, -0.25) is 0 Å². The molecule has 3 heteroatoms. The highest BCUT2D eigenvalue weighted by Crippen LogP contribution is 2.45. The van der Waals surface area contributed by atoms with E-state index in [0.717, 1.165) is 29.9 Å². The maximum absolute atomic E-state index is 11.0. The molecule has 0 atom stereocenters. The van der Waals surface area contributed by atoms with Gasteiger partial charge in [-0.2, -0.15) is 0 Å². The molecule has 0 unspecified atom stereocenters. The molecule has 0 aromatic heterocycles. The third kappa shape index (κ3) is 3.57. The Labute approximate surface area is 137 Å². The van der Waals surface area contributed by atoms with E-state index in [0.29, 0.717) is 12.8 Å². The normalized spacial score (nSPS) is 27.6. The smallest absolute Gasteiger partial charge is 0.127 e. The van der Waals surface area contributed by atoms with Crippen LogP contribution in [-0.2, 0) is 5.60 Å². The summed E-state index contributed by atoms with van der Waals surface area (Å²) in [5.74, 6) is 1.52. The molecule has 3 rings (SSSR count). The number of ether oxygens (including phenoxy) is 1. The number of benzene rings is 2. The molecule has 2 aromatic carbocycles. The molecule has 1 saturated carbocycles. The lowest BCUT2D eigenvalue weighted by atomic mass is 9.68. The highest BCUT2D eigenvalue weighted by Gasteiger charge is 2.39. The fraction of sp³-hybridized carbons (Fsp3) is 0.400. The largest absolute Gasteiger partial charge is 0.457 e. The topological polar surface area (TPSA) is 49.7 Å². The Morgan fingerprint density at radius 1 is 0.913 bits per heavy atom. The summed E-state index contributed by atoms with van der Waals surface area (Å²) in [7, 11) is 0. The van der Waals surface area contributed by atoms with E-state index in [1.165, 1.54) is 0 Å². The van der Waals surface area contributed by atoms with Gasteiger partial charge in [0, 0.05) is 6.61 Å². The van der Waals surface area contributed by atoms with Gasteiger partial charge >= 0.3 is 0 Å². The minimum Gasteiger partial charge on any atom is -0.457 e. The van der Waals surface area contributed by atoms with Gasteiger partial charge in [-0.25, -0.2) is 0 Å². The highest BCUT2D eigenvalue weighted by molar-refractivity contribution is 5.36. The monoisotopic (exact) mass is 312 g/mol. The number of hydrogen-bond acceptors (Lipinski definition) is 3. The molecule has 2 N–H and O–H groups in total. The lowest BCUT2D eigenvalue weighted by molar-refractivity contribution is -0.0479. The van der Waals surface area contributed by atoms with Crippen LogP contribution in [0, 0.1) is 5.41 Å². The quantitative estimate of drug-likeness (QED) is 0.888. The van der Waals surface area contributed by atoms with Crippen molar-refractivity contribution in [2.24, 2.45) is 5.41 Å². The summed E-state index contributed by atoms with van der Waals surface area (Å²) >= 11 is 0. The Balaban J connectivity index is 1.77. The second-order valence-corrected chi connectivity index (χ2v) is 6.94. The molecule has 1 aliphatic carbocycles. The number of para-hydroxylation sites is 1. The van der Waals surface area contributed by atoms with E-state index in [4.69, 9.17) is 4.74 Å². The lowest BCUT2D eigenvalue weighted by Crippen LogP contribution is -2.37. The minimum atomic E-state index is -0.829. The molecule has 122 valence electrons. The molecule has 23 heavy (non-hydrogen) atoms. The first kappa shape index (κ1) is 16.0. The Hall–Kier alpha value is -1.84. The predicted octanol–water partition coefficient (Wildman–Crippen LogP) is 4.24. The van der Waals surface area contributed by atoms with E-state index in [2.05, 4.69) is 6.92 Å². The molecule has 0 bridgehead atoms. The van der Waals surface area contributed by atoms with Gasteiger partial charge in [-0.1, -0.05) is 37.3 Å². The maximum atomic E-state index is 11.0. The van der Waals surface area contributed by atoms with Crippen LogP contribution in [0.5, 0.6) is 11.5 Å². The minimum absolute atomic E-state index is 0.0651. The van der Waals surface area contributed by atoms with Crippen LogP contribution in [0.1, 0.15) is 38.2 Å². The molecule has 0 heterocycles. The fourth-order valence-corrected chi connectivity index (χ4v) is 3.19. The molecule has 2 aromatic rings. The zero-order chi connectivity index (χ0) is 16.3. The average Bonchev–Trinajstić information content (AvgIpc) is 2.59. The number of rotatable bonds is 4. The van der Waals surface area contributed by atoms with Crippen molar-refractivity contribution >= 4 is 0 Å². The summed E-state index contributed by atoms with van der Waals surface area (Å²) < 4.78 is 5.87. The second-order valence-electron chi connectivity index (χ2n) is 6.94. The van der Waals surface area contributed by atoms with Crippen LogP contribution in [0.15, 0.2) is 54.6 Å². The molecule has 0 spiro atoms. The van der Waals surface area contributed by atoms with Crippen molar-refractivity contribution in [3.05, 3.63) is 60.2 Å². The Bertz CT molecular complexity index is 643. The zero-order valence-corrected chi connectivity index (χ0v) is 13.5. The van der Waals surface area contributed by atoms with Crippen LogP contribution >= 0.6 is 0 Å². The predicted molar refractivity (Wildman–Crippen MR) is 90.5 cm³/mol. The van der Waals surface area contributed by atoms with Gasteiger partial charge in [0.25, 0.3) is 0 Å². The molecular weight excluding hydrogens is 288 g/mol. The molecule has 1 aliphatic rings. The van der Waals surface area contributed by atoms with Crippen molar-refractivity contribution in [3.8, 4) is 11.5 Å². The van der Waals surface area contributed by atoms with Crippen molar-refractivity contribution in [1.29, 1.82) is 0 Å². The molecule has 1 fully saturated rings. The summed E-state index contributed by atoms with van der Waals surface area (Å²) in [5, 5.41) is 20.5. The molecule has 0 aliphatic heterocycles. The molecule has 3 nitrogen and oxygen atoms in total. The van der Waals surface area contributed by atoms with E-state index in [9.17, 15) is 10.2 Å². The van der Waals surface area contributed by atoms with E-state index in [1.807, 2.05) is 54.6 Å². The van der Waals surface area contributed by atoms with Crippen LogP contribution in [0.3, 0.4) is 0 Å². The Kier molecular flexibility index (Phi) is 4.42. The van der Waals surface area contributed by atoms with Crippen LogP contribution in [0.25, 0.3) is 0 Å². The lowest BCUT2D eigenvalue weighted by Gasteiger charge is -2.41. The van der Waals surface area contributed by atoms with Gasteiger partial charge in [0.2, 0.25) is 0 Å². The second kappa shape index (κ2) is 6.34. The van der Waals surface area contributed by atoms with Crippen LogP contribution < -0.4 is 4.74 Å². The van der Waals surface area contributed by atoms with Gasteiger partial charge in [-0.05, 0) is 60.9 Å². The van der Waals surface area contributed by atoms with Crippen molar-refractivity contribution in [2.75, 3.05) is 6.61 Å². The molecule has 0 saturated heterocycles. The first-order chi connectivity index (χ1) is 11.0. The van der Waals surface area contributed by atoms with E-state index >= 15 is 0 Å². The third-order valence-electron chi connectivity index (χ3n) is 5.02. The summed E-state index contributed by atoms with van der Waals surface area (Å²) in [6, 6.07) is 17.3. The van der Waals surface area contributed by atoms with Gasteiger partial charge in [0.05, 0.1) is 5.60 Å². The van der Waals surface area contributed by atoms with Gasteiger partial charge < -0.3 is 14.9 Å². The molecular formula is C20H24O3. The highest BCUT2D eigenvalue weighted by atomic mass is 16.5. The first-order valence-corrected chi connectivity index (χ1v) is 8.20. The van der Waals surface area contributed by atoms with Gasteiger partial charge in [0.15, 0.2) is 0 Å². The summed E-state index contributed by atoms with van der Waals surface area (Å²) in [6.07, 6.45) is 2.98. The summed E-state index contributed by atoms with van der Waals surface area (Å²) in [5.41, 5.74) is 0.000638. The third-order valence-corrected chi connectivity index (χ3v) is 5.02.